The SMILES string of the molecule is Nc1ccn(CCn2nnc3ccccc3c2=O)n1. The van der Waals surface area contributed by atoms with Gasteiger partial charge < -0.3 is 5.73 Å². The molecule has 0 aliphatic heterocycles. The first kappa shape index (κ1) is 11.4. The van der Waals surface area contributed by atoms with Crippen molar-refractivity contribution in [3.05, 3.63) is 46.9 Å². The zero-order chi connectivity index (χ0) is 13.2. The Balaban J connectivity index is 1.89. The predicted molar refractivity (Wildman–Crippen MR) is 70.4 cm³/mol. The van der Waals surface area contributed by atoms with Gasteiger partial charge in [0.2, 0.25) is 0 Å². The van der Waals surface area contributed by atoms with Crippen molar-refractivity contribution in [3.63, 3.8) is 0 Å². The third-order valence-corrected chi connectivity index (χ3v) is 2.83. The monoisotopic (exact) mass is 256 g/mol. The van der Waals surface area contributed by atoms with Crippen LogP contribution in [0, 0.1) is 0 Å². The lowest BCUT2D eigenvalue weighted by atomic mass is 10.2. The zero-order valence-electron chi connectivity index (χ0n) is 10.1. The number of aryl methyl sites for hydroxylation is 2. The van der Waals surface area contributed by atoms with Crippen molar-refractivity contribution < 1.29 is 0 Å². The standard InChI is InChI=1S/C12H12N6O/c13-11-5-6-17(15-11)7-8-18-12(19)9-3-1-2-4-10(9)14-16-18/h1-6H,7-8H2,(H2,13,15). The van der Waals surface area contributed by atoms with Crippen molar-refractivity contribution in [2.45, 2.75) is 13.1 Å². The molecule has 0 aliphatic carbocycles. The van der Waals surface area contributed by atoms with Gasteiger partial charge >= 0.3 is 0 Å². The first-order valence-electron chi connectivity index (χ1n) is 5.85. The van der Waals surface area contributed by atoms with Crippen LogP contribution in [0.25, 0.3) is 10.9 Å². The number of benzene rings is 1. The highest BCUT2D eigenvalue weighted by molar-refractivity contribution is 5.76. The highest BCUT2D eigenvalue weighted by Crippen LogP contribution is 2.03. The molecule has 96 valence electrons. The van der Waals surface area contributed by atoms with Crippen LogP contribution in [-0.4, -0.2) is 24.8 Å². The lowest BCUT2D eigenvalue weighted by Crippen LogP contribution is -2.26. The van der Waals surface area contributed by atoms with Crippen molar-refractivity contribution in [3.8, 4) is 0 Å². The fraction of sp³-hybridized carbons (Fsp3) is 0.167. The molecule has 1 aromatic carbocycles. The van der Waals surface area contributed by atoms with Crippen molar-refractivity contribution in [2.75, 3.05) is 5.73 Å². The molecule has 19 heavy (non-hydrogen) atoms. The Kier molecular flexibility index (Phi) is 2.71. The Morgan fingerprint density at radius 2 is 2.00 bits per heavy atom. The van der Waals surface area contributed by atoms with Crippen LogP contribution in [0.3, 0.4) is 0 Å². The number of aromatic nitrogens is 5. The minimum Gasteiger partial charge on any atom is -0.382 e. The van der Waals surface area contributed by atoms with Crippen molar-refractivity contribution in [2.24, 2.45) is 0 Å². The van der Waals surface area contributed by atoms with Gasteiger partial charge in [-0.2, -0.15) is 5.10 Å². The molecule has 0 saturated heterocycles. The minimum atomic E-state index is -0.147. The van der Waals surface area contributed by atoms with E-state index in [0.717, 1.165) is 0 Å². The number of anilines is 1. The van der Waals surface area contributed by atoms with E-state index in [-0.39, 0.29) is 5.56 Å². The van der Waals surface area contributed by atoms with E-state index in [1.54, 1.807) is 29.1 Å². The number of nitrogen functional groups attached to an aromatic ring is 1. The number of hydrogen-bond acceptors (Lipinski definition) is 5. The Morgan fingerprint density at radius 3 is 2.79 bits per heavy atom. The maximum atomic E-state index is 12.2. The molecule has 0 unspecified atom stereocenters. The molecule has 0 bridgehead atoms. The first-order chi connectivity index (χ1) is 9.24. The van der Waals surface area contributed by atoms with Gasteiger partial charge in [0.15, 0.2) is 0 Å². The molecule has 0 fully saturated rings. The number of nitrogens with zero attached hydrogens (tertiary/aromatic N) is 5. The molecule has 2 aromatic heterocycles. The third-order valence-electron chi connectivity index (χ3n) is 2.83. The zero-order valence-corrected chi connectivity index (χ0v) is 10.1. The summed E-state index contributed by atoms with van der Waals surface area (Å²) in [6.45, 7) is 0.919. The van der Waals surface area contributed by atoms with Crippen molar-refractivity contribution >= 4 is 16.7 Å². The Morgan fingerprint density at radius 1 is 1.16 bits per heavy atom. The molecule has 2 heterocycles. The van der Waals surface area contributed by atoms with Crippen LogP contribution in [0.2, 0.25) is 0 Å². The van der Waals surface area contributed by atoms with Crippen molar-refractivity contribution in [1.29, 1.82) is 0 Å². The van der Waals surface area contributed by atoms with E-state index in [1.807, 2.05) is 12.1 Å². The molecule has 3 aromatic rings. The van der Waals surface area contributed by atoms with Crippen LogP contribution >= 0.6 is 0 Å². The third kappa shape index (κ3) is 2.17. The number of hydrogen-bond donors (Lipinski definition) is 1. The molecule has 0 radical (unpaired) electrons. The summed E-state index contributed by atoms with van der Waals surface area (Å²) in [4.78, 5) is 12.2. The number of rotatable bonds is 3. The smallest absolute Gasteiger partial charge is 0.277 e. The molecule has 0 aliphatic rings. The van der Waals surface area contributed by atoms with E-state index in [4.69, 9.17) is 5.73 Å². The van der Waals surface area contributed by atoms with Gasteiger partial charge in [0.1, 0.15) is 11.3 Å². The topological polar surface area (TPSA) is 91.6 Å². The predicted octanol–water partition coefficient (Wildman–Crippen LogP) is 0.270. The van der Waals surface area contributed by atoms with E-state index in [2.05, 4.69) is 15.4 Å². The van der Waals surface area contributed by atoms with Gasteiger partial charge in [-0.3, -0.25) is 9.48 Å². The molecule has 7 heteroatoms. The second-order valence-corrected chi connectivity index (χ2v) is 4.14. The highest BCUT2D eigenvalue weighted by atomic mass is 16.1. The average molecular weight is 256 g/mol. The van der Waals surface area contributed by atoms with E-state index in [0.29, 0.717) is 29.8 Å². The summed E-state index contributed by atoms with van der Waals surface area (Å²) in [6.07, 6.45) is 1.76. The largest absolute Gasteiger partial charge is 0.382 e. The Labute approximate surface area is 108 Å². The van der Waals surface area contributed by atoms with E-state index < -0.39 is 0 Å². The number of fused-ring (bicyclic) bond motifs is 1. The Hall–Kier alpha value is -2.70. The summed E-state index contributed by atoms with van der Waals surface area (Å²) in [6, 6.07) is 8.85. The van der Waals surface area contributed by atoms with Crippen LogP contribution in [-0.2, 0) is 13.1 Å². The molecular formula is C12H12N6O. The normalized spacial score (nSPS) is 10.9. The summed E-state index contributed by atoms with van der Waals surface area (Å²) in [5.41, 5.74) is 5.98. The lowest BCUT2D eigenvalue weighted by Gasteiger charge is -2.04. The fourth-order valence-electron chi connectivity index (χ4n) is 1.87. The van der Waals surface area contributed by atoms with Crippen molar-refractivity contribution in [1.82, 2.24) is 24.8 Å². The summed E-state index contributed by atoms with van der Waals surface area (Å²) in [5.74, 6) is 0.456. The molecule has 3 rings (SSSR count). The summed E-state index contributed by atoms with van der Waals surface area (Å²) in [5, 5.41) is 12.5. The summed E-state index contributed by atoms with van der Waals surface area (Å²) >= 11 is 0. The first-order valence-corrected chi connectivity index (χ1v) is 5.85. The quantitative estimate of drug-likeness (QED) is 0.726. The van der Waals surface area contributed by atoms with Crippen LogP contribution < -0.4 is 11.3 Å². The van der Waals surface area contributed by atoms with Gasteiger partial charge in [0.05, 0.1) is 18.5 Å². The highest BCUT2D eigenvalue weighted by Gasteiger charge is 2.05. The van der Waals surface area contributed by atoms with E-state index >= 15 is 0 Å². The van der Waals surface area contributed by atoms with Gasteiger partial charge in [-0.15, -0.1) is 5.10 Å². The lowest BCUT2D eigenvalue weighted by molar-refractivity contribution is 0.470. The maximum absolute atomic E-state index is 12.2. The number of nitrogens with two attached hydrogens (primary N) is 1. The summed E-state index contributed by atoms with van der Waals surface area (Å²) in [7, 11) is 0. The average Bonchev–Trinajstić information content (AvgIpc) is 2.84. The molecule has 7 nitrogen and oxygen atoms in total. The Bertz CT molecular complexity index is 775. The second kappa shape index (κ2) is 4.52. The van der Waals surface area contributed by atoms with Crippen LogP contribution in [0.4, 0.5) is 5.82 Å². The van der Waals surface area contributed by atoms with Gasteiger partial charge in [-0.1, -0.05) is 17.3 Å². The van der Waals surface area contributed by atoms with Gasteiger partial charge in [-0.05, 0) is 18.2 Å². The minimum absolute atomic E-state index is 0.147. The second-order valence-electron chi connectivity index (χ2n) is 4.14. The molecular weight excluding hydrogens is 244 g/mol. The van der Waals surface area contributed by atoms with E-state index in [9.17, 15) is 4.79 Å². The van der Waals surface area contributed by atoms with Crippen LogP contribution in [0.1, 0.15) is 0 Å². The van der Waals surface area contributed by atoms with Gasteiger partial charge in [-0.25, -0.2) is 4.68 Å². The van der Waals surface area contributed by atoms with Gasteiger partial charge in [0.25, 0.3) is 5.56 Å². The molecule has 0 spiro atoms. The summed E-state index contributed by atoms with van der Waals surface area (Å²) < 4.78 is 3.00. The van der Waals surface area contributed by atoms with Crippen LogP contribution in [0.5, 0.6) is 0 Å². The fourth-order valence-corrected chi connectivity index (χ4v) is 1.87. The molecule has 0 amide bonds. The van der Waals surface area contributed by atoms with E-state index in [1.165, 1.54) is 4.68 Å². The maximum Gasteiger partial charge on any atom is 0.277 e. The molecule has 0 atom stereocenters. The molecule has 0 saturated carbocycles. The van der Waals surface area contributed by atoms with Gasteiger partial charge in [0, 0.05) is 6.20 Å². The molecule has 2 N–H and O–H groups in total. The van der Waals surface area contributed by atoms with Crippen LogP contribution in [0.15, 0.2) is 41.3 Å².